The van der Waals surface area contributed by atoms with Gasteiger partial charge < -0.3 is 4.90 Å². The summed E-state index contributed by atoms with van der Waals surface area (Å²) in [7, 11) is 1.85. The third-order valence-corrected chi connectivity index (χ3v) is 3.81. The van der Waals surface area contributed by atoms with Crippen LogP contribution in [-0.2, 0) is 0 Å². The minimum absolute atomic E-state index is 0.0710. The molecular formula is C13H18ClN3O. The number of aromatic nitrogens is 2. The number of carbonyl (C=O) groups excluding carboxylic acids is 1. The minimum atomic E-state index is -0.0710. The van der Waals surface area contributed by atoms with Gasteiger partial charge in [0.2, 0.25) is 0 Å². The smallest absolute Gasteiger partial charge is 0.274 e. The normalized spacial score (nSPS) is 23.7. The fourth-order valence-electron chi connectivity index (χ4n) is 2.52. The van der Waals surface area contributed by atoms with E-state index in [1.54, 1.807) is 4.90 Å². The summed E-state index contributed by atoms with van der Waals surface area (Å²) in [4.78, 5) is 22.0. The Morgan fingerprint density at radius 2 is 2.17 bits per heavy atom. The molecule has 0 bridgehead atoms. The van der Waals surface area contributed by atoms with Crippen molar-refractivity contribution in [2.45, 2.75) is 38.6 Å². The van der Waals surface area contributed by atoms with Crippen LogP contribution in [0.5, 0.6) is 0 Å². The van der Waals surface area contributed by atoms with E-state index in [0.717, 1.165) is 12.8 Å². The Labute approximate surface area is 112 Å². The highest BCUT2D eigenvalue weighted by molar-refractivity contribution is 6.29. The molecule has 1 amide bonds. The molecule has 0 spiro atoms. The molecule has 1 aliphatic rings. The minimum Gasteiger partial charge on any atom is -0.337 e. The van der Waals surface area contributed by atoms with Crippen molar-refractivity contribution in [3.05, 3.63) is 23.2 Å². The SMILES string of the molecule is CC1CCCC(N(C)C(=O)c2cnc(Cl)cn2)C1. The molecule has 0 saturated heterocycles. The average Bonchev–Trinajstić information content (AvgIpc) is 2.38. The maximum Gasteiger partial charge on any atom is 0.274 e. The first kappa shape index (κ1) is 13.3. The number of amides is 1. The van der Waals surface area contributed by atoms with E-state index in [2.05, 4.69) is 16.9 Å². The Bertz CT molecular complexity index is 421. The van der Waals surface area contributed by atoms with Crippen molar-refractivity contribution in [1.29, 1.82) is 0 Å². The second-order valence-electron chi connectivity index (χ2n) is 5.07. The molecule has 18 heavy (non-hydrogen) atoms. The van der Waals surface area contributed by atoms with Crippen LogP contribution in [0.15, 0.2) is 12.4 Å². The number of carbonyl (C=O) groups is 1. The first-order valence-corrected chi connectivity index (χ1v) is 6.70. The van der Waals surface area contributed by atoms with Gasteiger partial charge in [-0.2, -0.15) is 0 Å². The summed E-state index contributed by atoms with van der Waals surface area (Å²) >= 11 is 5.67. The Balaban J connectivity index is 2.06. The van der Waals surface area contributed by atoms with Crippen molar-refractivity contribution >= 4 is 17.5 Å². The second-order valence-corrected chi connectivity index (χ2v) is 5.45. The lowest BCUT2D eigenvalue weighted by molar-refractivity contribution is 0.0666. The number of nitrogens with zero attached hydrogens (tertiary/aromatic N) is 3. The summed E-state index contributed by atoms with van der Waals surface area (Å²) in [5.41, 5.74) is 0.361. The van der Waals surface area contributed by atoms with E-state index in [1.807, 2.05) is 7.05 Å². The molecule has 1 fully saturated rings. The van der Waals surface area contributed by atoms with E-state index < -0.39 is 0 Å². The molecule has 1 aliphatic carbocycles. The lowest BCUT2D eigenvalue weighted by Crippen LogP contribution is -2.40. The molecular weight excluding hydrogens is 250 g/mol. The number of rotatable bonds is 2. The van der Waals surface area contributed by atoms with E-state index in [0.29, 0.717) is 22.8 Å². The van der Waals surface area contributed by atoms with Gasteiger partial charge in [0.1, 0.15) is 10.8 Å². The van der Waals surface area contributed by atoms with E-state index in [-0.39, 0.29) is 5.91 Å². The summed E-state index contributed by atoms with van der Waals surface area (Å²) in [6.07, 6.45) is 7.45. The van der Waals surface area contributed by atoms with Crippen molar-refractivity contribution in [3.63, 3.8) is 0 Å². The van der Waals surface area contributed by atoms with Crippen LogP contribution in [0.2, 0.25) is 5.15 Å². The second kappa shape index (κ2) is 5.65. The Kier molecular flexibility index (Phi) is 4.17. The van der Waals surface area contributed by atoms with Crippen molar-refractivity contribution in [1.82, 2.24) is 14.9 Å². The first-order chi connectivity index (χ1) is 8.58. The lowest BCUT2D eigenvalue weighted by Gasteiger charge is -2.33. The van der Waals surface area contributed by atoms with Gasteiger partial charge in [-0.3, -0.25) is 4.79 Å². The molecule has 0 aliphatic heterocycles. The highest BCUT2D eigenvalue weighted by atomic mass is 35.5. The molecule has 98 valence electrons. The maximum absolute atomic E-state index is 12.2. The van der Waals surface area contributed by atoms with E-state index in [9.17, 15) is 4.79 Å². The monoisotopic (exact) mass is 267 g/mol. The van der Waals surface area contributed by atoms with Crippen LogP contribution in [0, 0.1) is 5.92 Å². The van der Waals surface area contributed by atoms with E-state index >= 15 is 0 Å². The van der Waals surface area contributed by atoms with Gasteiger partial charge in [-0.1, -0.05) is 31.4 Å². The van der Waals surface area contributed by atoms with Gasteiger partial charge in [-0.05, 0) is 18.8 Å². The van der Waals surface area contributed by atoms with Crippen molar-refractivity contribution in [2.75, 3.05) is 7.05 Å². The molecule has 5 heteroatoms. The average molecular weight is 268 g/mol. The Morgan fingerprint density at radius 3 is 2.78 bits per heavy atom. The number of hydrogen-bond acceptors (Lipinski definition) is 3. The van der Waals surface area contributed by atoms with E-state index in [4.69, 9.17) is 11.6 Å². The maximum atomic E-state index is 12.2. The van der Waals surface area contributed by atoms with Crippen LogP contribution in [0.1, 0.15) is 43.1 Å². The fraction of sp³-hybridized carbons (Fsp3) is 0.615. The molecule has 1 saturated carbocycles. The molecule has 0 aromatic carbocycles. The van der Waals surface area contributed by atoms with Gasteiger partial charge in [0.15, 0.2) is 0 Å². The van der Waals surface area contributed by atoms with Crippen LogP contribution in [0.3, 0.4) is 0 Å². The van der Waals surface area contributed by atoms with Gasteiger partial charge in [-0.15, -0.1) is 0 Å². The molecule has 2 rings (SSSR count). The molecule has 1 heterocycles. The van der Waals surface area contributed by atoms with Crippen LogP contribution in [-0.4, -0.2) is 33.9 Å². The van der Waals surface area contributed by atoms with Crippen LogP contribution < -0.4 is 0 Å². The van der Waals surface area contributed by atoms with Gasteiger partial charge in [0, 0.05) is 13.1 Å². The summed E-state index contributed by atoms with van der Waals surface area (Å²) < 4.78 is 0. The standard InChI is InChI=1S/C13H18ClN3O/c1-9-4-3-5-10(6-9)17(2)13(18)11-7-16-12(14)8-15-11/h7-10H,3-6H2,1-2H3. The van der Waals surface area contributed by atoms with Gasteiger partial charge >= 0.3 is 0 Å². The largest absolute Gasteiger partial charge is 0.337 e. The molecule has 1 aromatic heterocycles. The van der Waals surface area contributed by atoms with E-state index in [1.165, 1.54) is 25.2 Å². The zero-order valence-corrected chi connectivity index (χ0v) is 11.5. The van der Waals surface area contributed by atoms with Gasteiger partial charge in [0.05, 0.1) is 12.4 Å². The van der Waals surface area contributed by atoms with Gasteiger partial charge in [0.25, 0.3) is 5.91 Å². The molecule has 2 atom stereocenters. The van der Waals surface area contributed by atoms with Crippen molar-refractivity contribution < 1.29 is 4.79 Å². The molecule has 0 N–H and O–H groups in total. The third-order valence-electron chi connectivity index (χ3n) is 3.62. The highest BCUT2D eigenvalue weighted by Crippen LogP contribution is 2.27. The number of hydrogen-bond donors (Lipinski definition) is 0. The van der Waals surface area contributed by atoms with Crippen molar-refractivity contribution in [2.24, 2.45) is 5.92 Å². The molecule has 4 nitrogen and oxygen atoms in total. The Morgan fingerprint density at radius 1 is 1.39 bits per heavy atom. The molecule has 0 radical (unpaired) electrons. The summed E-state index contributed by atoms with van der Waals surface area (Å²) in [5, 5.41) is 0.306. The predicted octanol–water partition coefficient (Wildman–Crippen LogP) is 2.78. The summed E-state index contributed by atoms with van der Waals surface area (Å²) in [6, 6.07) is 0.318. The first-order valence-electron chi connectivity index (χ1n) is 6.32. The fourth-order valence-corrected chi connectivity index (χ4v) is 2.62. The van der Waals surface area contributed by atoms with Crippen LogP contribution in [0.4, 0.5) is 0 Å². The lowest BCUT2D eigenvalue weighted by atomic mass is 9.86. The van der Waals surface area contributed by atoms with Gasteiger partial charge in [-0.25, -0.2) is 9.97 Å². The summed E-state index contributed by atoms with van der Waals surface area (Å²) in [5.74, 6) is 0.619. The topological polar surface area (TPSA) is 46.1 Å². The summed E-state index contributed by atoms with van der Waals surface area (Å²) in [6.45, 7) is 2.24. The zero-order valence-electron chi connectivity index (χ0n) is 10.8. The highest BCUT2D eigenvalue weighted by Gasteiger charge is 2.26. The van der Waals surface area contributed by atoms with Crippen LogP contribution in [0.25, 0.3) is 0 Å². The predicted molar refractivity (Wildman–Crippen MR) is 70.6 cm³/mol. The molecule has 1 aromatic rings. The zero-order chi connectivity index (χ0) is 13.1. The van der Waals surface area contributed by atoms with Crippen molar-refractivity contribution in [3.8, 4) is 0 Å². The third kappa shape index (κ3) is 2.99. The Hall–Kier alpha value is -1.16. The molecule has 2 unspecified atom stereocenters. The van der Waals surface area contributed by atoms with Crippen LogP contribution >= 0.6 is 11.6 Å². The number of halogens is 1. The quantitative estimate of drug-likeness (QED) is 0.828.